The minimum Gasteiger partial charge on any atom is -0.462 e. The topological polar surface area (TPSA) is 48.7 Å². The van der Waals surface area contributed by atoms with E-state index in [9.17, 15) is 18.0 Å². The number of hydrogen-bond acceptors (Lipinski definition) is 4. The van der Waals surface area contributed by atoms with Crippen molar-refractivity contribution in [2.45, 2.75) is 20.5 Å². The molecule has 4 nitrogen and oxygen atoms in total. The van der Waals surface area contributed by atoms with Gasteiger partial charge in [0.05, 0.1) is 6.61 Å². The zero-order valence-electron chi connectivity index (χ0n) is 10.7. The Kier molecular flexibility index (Phi) is 3.87. The third kappa shape index (κ3) is 2.56. The molecule has 1 aromatic heterocycles. The minimum atomic E-state index is -3.17. The number of carbonyl (C=O) groups is 1. The van der Waals surface area contributed by atoms with Gasteiger partial charge in [0.15, 0.2) is 11.6 Å². The number of hydrogen-bond donors (Lipinski definition) is 0. The lowest BCUT2D eigenvalue weighted by Crippen LogP contribution is -2.06. The molecule has 0 bridgehead atoms. The van der Waals surface area contributed by atoms with Gasteiger partial charge in [0, 0.05) is 11.5 Å². The second kappa shape index (κ2) is 5.44. The number of aryl methyl sites for hydroxylation is 1. The van der Waals surface area contributed by atoms with Crippen molar-refractivity contribution >= 4 is 16.9 Å². The van der Waals surface area contributed by atoms with Gasteiger partial charge in [-0.15, -0.1) is 0 Å². The number of esters is 1. The summed E-state index contributed by atoms with van der Waals surface area (Å²) in [5, 5.41) is 0.165. The van der Waals surface area contributed by atoms with Crippen LogP contribution in [0.2, 0.25) is 0 Å². The molecule has 0 saturated carbocycles. The molecule has 7 heteroatoms. The predicted molar refractivity (Wildman–Crippen MR) is 63.5 cm³/mol. The van der Waals surface area contributed by atoms with Crippen LogP contribution in [0, 0.1) is 12.7 Å². The van der Waals surface area contributed by atoms with E-state index < -0.39 is 24.1 Å². The van der Waals surface area contributed by atoms with Crippen LogP contribution in [0.3, 0.4) is 0 Å². The van der Waals surface area contributed by atoms with Crippen LogP contribution in [0.15, 0.2) is 16.5 Å². The van der Waals surface area contributed by atoms with Crippen molar-refractivity contribution in [3.63, 3.8) is 0 Å². The van der Waals surface area contributed by atoms with Crippen LogP contribution < -0.4 is 4.74 Å². The molecule has 0 aliphatic rings. The molecule has 0 spiro atoms. The van der Waals surface area contributed by atoms with Gasteiger partial charge in [0.1, 0.15) is 16.9 Å². The minimum absolute atomic E-state index is 0.0599. The van der Waals surface area contributed by atoms with Gasteiger partial charge in [-0.2, -0.15) is 8.78 Å². The van der Waals surface area contributed by atoms with Crippen molar-refractivity contribution in [3.05, 3.63) is 29.3 Å². The highest BCUT2D eigenvalue weighted by Crippen LogP contribution is 2.32. The molecular formula is C13H11F3O4. The summed E-state index contributed by atoms with van der Waals surface area (Å²) in [6, 6.07) is 1.89. The van der Waals surface area contributed by atoms with Gasteiger partial charge in [-0.1, -0.05) is 0 Å². The van der Waals surface area contributed by atoms with Crippen LogP contribution in [-0.4, -0.2) is 19.2 Å². The molecule has 0 fully saturated rings. The first kappa shape index (κ1) is 14.2. The highest BCUT2D eigenvalue weighted by Gasteiger charge is 2.22. The predicted octanol–water partition coefficient (Wildman–Crippen LogP) is 3.66. The maximum Gasteiger partial charge on any atom is 0.387 e. The van der Waals surface area contributed by atoms with Gasteiger partial charge in [-0.3, -0.25) is 0 Å². The molecule has 1 heterocycles. The number of rotatable bonds is 4. The highest BCUT2D eigenvalue weighted by atomic mass is 19.3. The molecule has 0 amide bonds. The van der Waals surface area contributed by atoms with Crippen LogP contribution in [-0.2, 0) is 4.74 Å². The number of benzene rings is 1. The van der Waals surface area contributed by atoms with Gasteiger partial charge >= 0.3 is 12.6 Å². The first-order valence-electron chi connectivity index (χ1n) is 5.78. The van der Waals surface area contributed by atoms with Crippen LogP contribution >= 0.6 is 0 Å². The SMILES string of the molecule is CCOC(=O)c1c(C)oc2cc(F)c(OC(F)F)cc12. The standard InChI is InChI=1S/C13H11F3O4/c1-3-18-12(17)11-6(2)19-9-5-8(14)10(4-7(9)11)20-13(15)16/h4-5,13H,3H2,1-2H3. The Balaban J connectivity index is 2.58. The molecule has 0 atom stereocenters. The molecule has 0 N–H and O–H groups in total. The van der Waals surface area contributed by atoms with E-state index in [4.69, 9.17) is 9.15 Å². The second-order valence-electron chi connectivity index (χ2n) is 3.91. The Morgan fingerprint density at radius 1 is 1.40 bits per heavy atom. The van der Waals surface area contributed by atoms with E-state index in [1.54, 1.807) is 6.92 Å². The Morgan fingerprint density at radius 2 is 2.10 bits per heavy atom. The van der Waals surface area contributed by atoms with E-state index in [-0.39, 0.29) is 28.9 Å². The van der Waals surface area contributed by atoms with E-state index in [1.165, 1.54) is 6.92 Å². The summed E-state index contributed by atoms with van der Waals surface area (Å²) in [4.78, 5) is 11.8. The zero-order chi connectivity index (χ0) is 14.9. The summed E-state index contributed by atoms with van der Waals surface area (Å²) < 4.78 is 52.0. The smallest absolute Gasteiger partial charge is 0.387 e. The number of ether oxygens (including phenoxy) is 2. The number of carbonyl (C=O) groups excluding carboxylic acids is 1. The van der Waals surface area contributed by atoms with Crippen molar-refractivity contribution in [2.24, 2.45) is 0 Å². The van der Waals surface area contributed by atoms with Crippen molar-refractivity contribution in [2.75, 3.05) is 6.61 Å². The van der Waals surface area contributed by atoms with Crippen LogP contribution in [0.5, 0.6) is 5.75 Å². The van der Waals surface area contributed by atoms with Crippen molar-refractivity contribution in [3.8, 4) is 5.75 Å². The molecule has 0 aliphatic heterocycles. The maximum atomic E-state index is 13.5. The Hall–Kier alpha value is -2.18. The molecule has 108 valence electrons. The third-order valence-electron chi connectivity index (χ3n) is 2.61. The van der Waals surface area contributed by atoms with Crippen LogP contribution in [0.1, 0.15) is 23.0 Å². The molecule has 2 aromatic rings. The number of alkyl halides is 2. The van der Waals surface area contributed by atoms with E-state index in [2.05, 4.69) is 4.74 Å². The van der Waals surface area contributed by atoms with Crippen molar-refractivity contribution in [1.82, 2.24) is 0 Å². The lowest BCUT2D eigenvalue weighted by molar-refractivity contribution is -0.0520. The fourth-order valence-corrected chi connectivity index (χ4v) is 1.86. The fourth-order valence-electron chi connectivity index (χ4n) is 1.86. The van der Waals surface area contributed by atoms with Gasteiger partial charge in [0.2, 0.25) is 0 Å². The molecule has 1 aromatic carbocycles. The molecule has 0 radical (unpaired) electrons. The lowest BCUT2D eigenvalue weighted by Gasteiger charge is -2.06. The molecule has 0 aliphatic carbocycles. The van der Waals surface area contributed by atoms with Gasteiger partial charge in [-0.25, -0.2) is 9.18 Å². The number of fused-ring (bicyclic) bond motifs is 1. The lowest BCUT2D eigenvalue weighted by atomic mass is 10.1. The van der Waals surface area contributed by atoms with Crippen molar-refractivity contribution in [1.29, 1.82) is 0 Å². The number of furan rings is 1. The van der Waals surface area contributed by atoms with E-state index in [0.29, 0.717) is 0 Å². The molecule has 0 unspecified atom stereocenters. The zero-order valence-corrected chi connectivity index (χ0v) is 10.7. The summed E-state index contributed by atoms with van der Waals surface area (Å²) in [6.07, 6.45) is 0. The second-order valence-corrected chi connectivity index (χ2v) is 3.91. The Bertz CT molecular complexity index is 649. The average Bonchev–Trinajstić information content (AvgIpc) is 2.64. The molecular weight excluding hydrogens is 277 g/mol. The highest BCUT2D eigenvalue weighted by molar-refractivity contribution is 6.04. The van der Waals surface area contributed by atoms with Gasteiger partial charge in [0.25, 0.3) is 0 Å². The quantitative estimate of drug-likeness (QED) is 0.806. The maximum absolute atomic E-state index is 13.5. The van der Waals surface area contributed by atoms with Crippen LogP contribution in [0.25, 0.3) is 11.0 Å². The summed E-state index contributed by atoms with van der Waals surface area (Å²) in [7, 11) is 0. The van der Waals surface area contributed by atoms with Gasteiger partial charge in [-0.05, 0) is 19.9 Å². The summed E-state index contributed by atoms with van der Waals surface area (Å²) in [5.41, 5.74) is 0.130. The van der Waals surface area contributed by atoms with Crippen molar-refractivity contribution < 1.29 is 31.9 Å². The largest absolute Gasteiger partial charge is 0.462 e. The molecule has 20 heavy (non-hydrogen) atoms. The first-order valence-corrected chi connectivity index (χ1v) is 5.78. The Labute approximate surface area is 112 Å². The summed E-state index contributed by atoms with van der Waals surface area (Å²) in [6.45, 7) is 0.103. The average molecular weight is 288 g/mol. The summed E-state index contributed by atoms with van der Waals surface area (Å²) >= 11 is 0. The Morgan fingerprint density at radius 3 is 2.70 bits per heavy atom. The first-order chi connectivity index (χ1) is 9.43. The monoisotopic (exact) mass is 288 g/mol. The molecule has 2 rings (SSSR count). The van der Waals surface area contributed by atoms with E-state index in [0.717, 1.165) is 12.1 Å². The summed E-state index contributed by atoms with van der Waals surface area (Å²) in [5.74, 6) is -2.11. The third-order valence-corrected chi connectivity index (χ3v) is 2.61. The fraction of sp³-hybridized carbons (Fsp3) is 0.308. The normalized spacial score (nSPS) is 11.1. The van der Waals surface area contributed by atoms with Gasteiger partial charge < -0.3 is 13.9 Å². The molecule has 0 saturated heterocycles. The van der Waals surface area contributed by atoms with E-state index >= 15 is 0 Å². The van der Waals surface area contributed by atoms with E-state index in [1.807, 2.05) is 0 Å². The number of halogens is 3. The van der Waals surface area contributed by atoms with Crippen LogP contribution in [0.4, 0.5) is 13.2 Å².